The summed E-state index contributed by atoms with van der Waals surface area (Å²) >= 11 is 0. The van der Waals surface area contributed by atoms with Gasteiger partial charge in [0, 0.05) is 12.1 Å². The van der Waals surface area contributed by atoms with E-state index >= 15 is 0 Å². The summed E-state index contributed by atoms with van der Waals surface area (Å²) in [5, 5.41) is 4.28. The number of nitrogens with two attached hydrogens (primary N) is 2. The second-order valence-electron chi connectivity index (χ2n) is 4.41. The van der Waals surface area contributed by atoms with Crippen molar-refractivity contribution >= 4 is 11.6 Å². The molecule has 0 saturated heterocycles. The number of rotatable bonds is 1. The van der Waals surface area contributed by atoms with E-state index < -0.39 is 0 Å². The van der Waals surface area contributed by atoms with Crippen LogP contribution in [0, 0.1) is 0 Å². The summed E-state index contributed by atoms with van der Waals surface area (Å²) in [4.78, 5) is 4.25. The molecule has 0 radical (unpaired) electrons. The van der Waals surface area contributed by atoms with Gasteiger partial charge in [-0.15, -0.1) is 5.10 Å². The van der Waals surface area contributed by atoms with E-state index in [9.17, 15) is 0 Å². The molecule has 4 N–H and O–H groups in total. The molecule has 1 unspecified atom stereocenters. The largest absolute Gasteiger partial charge is 0.399 e. The molecule has 0 bridgehead atoms. The fourth-order valence-corrected chi connectivity index (χ4v) is 2.40. The molecule has 88 valence electrons. The first-order chi connectivity index (χ1) is 8.24. The molecule has 0 spiro atoms. The molecule has 17 heavy (non-hydrogen) atoms. The molecule has 0 amide bonds. The predicted molar refractivity (Wildman–Crippen MR) is 66.4 cm³/mol. The molecule has 2 heterocycles. The molecule has 5 heteroatoms. The summed E-state index contributed by atoms with van der Waals surface area (Å²) in [5.74, 6) is 1.35. The maximum atomic E-state index is 5.70. The van der Waals surface area contributed by atoms with Gasteiger partial charge in [0.1, 0.15) is 5.82 Å². The van der Waals surface area contributed by atoms with Gasteiger partial charge in [-0.05, 0) is 30.5 Å². The summed E-state index contributed by atoms with van der Waals surface area (Å²) in [6.45, 7) is 0. The van der Waals surface area contributed by atoms with Crippen LogP contribution in [0.2, 0.25) is 0 Å². The average molecular weight is 229 g/mol. The second kappa shape index (κ2) is 3.76. The van der Waals surface area contributed by atoms with Gasteiger partial charge < -0.3 is 11.5 Å². The Bertz CT molecular complexity index is 528. The maximum absolute atomic E-state index is 5.70. The van der Waals surface area contributed by atoms with Crippen molar-refractivity contribution in [2.45, 2.75) is 25.3 Å². The topological polar surface area (TPSA) is 82.8 Å². The first kappa shape index (κ1) is 10.1. The molecule has 1 aliphatic heterocycles. The first-order valence-corrected chi connectivity index (χ1v) is 5.80. The Morgan fingerprint density at radius 3 is 2.71 bits per heavy atom. The average Bonchev–Trinajstić information content (AvgIpc) is 2.70. The van der Waals surface area contributed by atoms with Crippen LogP contribution >= 0.6 is 0 Å². The Kier molecular flexibility index (Phi) is 2.24. The number of fused-ring (bicyclic) bond motifs is 1. The Morgan fingerprint density at radius 1 is 1.18 bits per heavy atom. The van der Waals surface area contributed by atoms with E-state index in [4.69, 9.17) is 11.5 Å². The molecule has 0 saturated carbocycles. The second-order valence-corrected chi connectivity index (χ2v) is 4.41. The number of hydrogen-bond donors (Lipinski definition) is 2. The van der Waals surface area contributed by atoms with Crippen molar-refractivity contribution in [3.63, 3.8) is 0 Å². The Balaban J connectivity index is 2.02. The lowest BCUT2D eigenvalue weighted by Gasteiger charge is -2.23. The molecule has 1 aromatic heterocycles. The van der Waals surface area contributed by atoms with Gasteiger partial charge in [0.25, 0.3) is 0 Å². The minimum Gasteiger partial charge on any atom is -0.399 e. The number of aryl methyl sites for hydroxylation is 1. The van der Waals surface area contributed by atoms with E-state index in [1.54, 1.807) is 0 Å². The highest BCUT2D eigenvalue weighted by Gasteiger charge is 2.23. The number of anilines is 2. The van der Waals surface area contributed by atoms with Gasteiger partial charge in [0.2, 0.25) is 5.95 Å². The van der Waals surface area contributed by atoms with E-state index in [1.165, 1.54) is 5.56 Å². The molecule has 5 nitrogen and oxygen atoms in total. The first-order valence-electron chi connectivity index (χ1n) is 5.80. The minimum atomic E-state index is 0.240. The van der Waals surface area contributed by atoms with Crippen molar-refractivity contribution in [3.05, 3.63) is 35.7 Å². The zero-order chi connectivity index (χ0) is 11.8. The zero-order valence-corrected chi connectivity index (χ0v) is 9.50. The lowest BCUT2D eigenvalue weighted by molar-refractivity contribution is 0.413. The molecule has 2 aromatic rings. The van der Waals surface area contributed by atoms with Gasteiger partial charge in [-0.25, -0.2) is 4.68 Å². The van der Waals surface area contributed by atoms with Gasteiger partial charge in [0.05, 0.1) is 6.04 Å². The maximum Gasteiger partial charge on any atom is 0.239 e. The Labute approximate surface area is 99.4 Å². The summed E-state index contributed by atoms with van der Waals surface area (Å²) in [6, 6.07) is 8.18. The summed E-state index contributed by atoms with van der Waals surface area (Å²) in [5.41, 5.74) is 13.4. The summed E-state index contributed by atoms with van der Waals surface area (Å²) < 4.78 is 1.95. The van der Waals surface area contributed by atoms with Crippen LogP contribution in [-0.2, 0) is 6.42 Å². The highest BCUT2D eigenvalue weighted by atomic mass is 15.4. The highest BCUT2D eigenvalue weighted by molar-refractivity contribution is 5.40. The van der Waals surface area contributed by atoms with Gasteiger partial charge in [-0.1, -0.05) is 12.1 Å². The van der Waals surface area contributed by atoms with Crippen molar-refractivity contribution in [2.75, 3.05) is 11.5 Å². The molecule has 1 aromatic carbocycles. The third-order valence-corrected chi connectivity index (χ3v) is 3.21. The molecule has 1 atom stereocenters. The standard InChI is InChI=1S/C12H15N5/c13-9-6-4-8(5-7-9)10-2-1-3-11-15-12(14)16-17(10)11/h4-7,10H,1-3,13H2,(H2,14,16). The van der Waals surface area contributed by atoms with E-state index in [0.717, 1.165) is 30.8 Å². The molecule has 3 rings (SSSR count). The fraction of sp³-hybridized carbons (Fsp3) is 0.333. The molecule has 1 aliphatic rings. The van der Waals surface area contributed by atoms with Crippen LogP contribution < -0.4 is 11.5 Å². The summed E-state index contributed by atoms with van der Waals surface area (Å²) in [6.07, 6.45) is 3.14. The number of nitrogens with zero attached hydrogens (tertiary/aromatic N) is 3. The zero-order valence-electron chi connectivity index (χ0n) is 9.50. The lowest BCUT2D eigenvalue weighted by atomic mass is 9.98. The molecule has 0 aliphatic carbocycles. The lowest BCUT2D eigenvalue weighted by Crippen LogP contribution is -2.20. The number of hydrogen-bond acceptors (Lipinski definition) is 4. The van der Waals surface area contributed by atoms with E-state index in [-0.39, 0.29) is 6.04 Å². The van der Waals surface area contributed by atoms with Gasteiger partial charge in [-0.3, -0.25) is 0 Å². The monoisotopic (exact) mass is 229 g/mol. The van der Waals surface area contributed by atoms with Crippen molar-refractivity contribution in [3.8, 4) is 0 Å². The molecular formula is C12H15N5. The van der Waals surface area contributed by atoms with E-state index in [1.807, 2.05) is 28.9 Å². The predicted octanol–water partition coefficient (Wildman–Crippen LogP) is 1.37. The number of nitrogen functional groups attached to an aromatic ring is 2. The SMILES string of the molecule is Nc1ccc(C2CCCc3nc(N)nn32)cc1. The van der Waals surface area contributed by atoms with Gasteiger partial charge in [-0.2, -0.15) is 4.98 Å². The fourth-order valence-electron chi connectivity index (χ4n) is 2.40. The Morgan fingerprint density at radius 2 is 1.94 bits per heavy atom. The number of benzene rings is 1. The van der Waals surface area contributed by atoms with E-state index in [2.05, 4.69) is 10.1 Å². The third-order valence-electron chi connectivity index (χ3n) is 3.21. The van der Waals surface area contributed by atoms with Crippen LogP contribution in [-0.4, -0.2) is 14.8 Å². The number of aromatic nitrogens is 3. The molecular weight excluding hydrogens is 214 g/mol. The summed E-state index contributed by atoms with van der Waals surface area (Å²) in [7, 11) is 0. The normalized spacial score (nSPS) is 18.9. The molecule has 0 fully saturated rings. The van der Waals surface area contributed by atoms with Crippen molar-refractivity contribution in [1.29, 1.82) is 0 Å². The van der Waals surface area contributed by atoms with Crippen LogP contribution in [0.5, 0.6) is 0 Å². The van der Waals surface area contributed by atoms with E-state index in [0.29, 0.717) is 5.95 Å². The van der Waals surface area contributed by atoms with Crippen LogP contribution in [0.25, 0.3) is 0 Å². The van der Waals surface area contributed by atoms with Crippen LogP contribution in [0.4, 0.5) is 11.6 Å². The highest BCUT2D eigenvalue weighted by Crippen LogP contribution is 2.29. The van der Waals surface area contributed by atoms with Crippen molar-refractivity contribution < 1.29 is 0 Å². The van der Waals surface area contributed by atoms with Gasteiger partial charge >= 0.3 is 0 Å². The van der Waals surface area contributed by atoms with Crippen LogP contribution in [0.3, 0.4) is 0 Å². The smallest absolute Gasteiger partial charge is 0.239 e. The third kappa shape index (κ3) is 1.73. The van der Waals surface area contributed by atoms with Crippen LogP contribution in [0.1, 0.15) is 30.3 Å². The van der Waals surface area contributed by atoms with Crippen molar-refractivity contribution in [1.82, 2.24) is 14.8 Å². The van der Waals surface area contributed by atoms with Gasteiger partial charge in [0.15, 0.2) is 0 Å². The van der Waals surface area contributed by atoms with Crippen LogP contribution in [0.15, 0.2) is 24.3 Å². The Hall–Kier alpha value is -2.04. The van der Waals surface area contributed by atoms with Crippen molar-refractivity contribution in [2.24, 2.45) is 0 Å². The quantitative estimate of drug-likeness (QED) is 0.723. The minimum absolute atomic E-state index is 0.240.